The van der Waals surface area contributed by atoms with Gasteiger partial charge in [0.05, 0.1) is 6.10 Å². The van der Waals surface area contributed by atoms with Gasteiger partial charge in [0.15, 0.2) is 0 Å². The number of aliphatic hydroxyl groups is 3. The molecule has 0 bridgehead atoms. The zero-order valence-electron chi connectivity index (χ0n) is 5.86. The summed E-state index contributed by atoms with van der Waals surface area (Å²) >= 11 is 0. The molecule has 0 unspecified atom stereocenters. The van der Waals surface area contributed by atoms with Crippen LogP contribution in [0.15, 0.2) is 11.6 Å². The largest absolute Gasteiger partial charge is 0.390 e. The molecule has 0 saturated heterocycles. The molecule has 0 amide bonds. The second-order valence-electron chi connectivity index (χ2n) is 2.77. The first kappa shape index (κ1) is 7.72. The third-order valence-corrected chi connectivity index (χ3v) is 1.73. The molecule has 0 aromatic heterocycles. The van der Waals surface area contributed by atoms with E-state index >= 15 is 0 Å². The van der Waals surface area contributed by atoms with Crippen molar-refractivity contribution in [2.75, 3.05) is 0 Å². The lowest BCUT2D eigenvalue weighted by Crippen LogP contribution is -2.39. The van der Waals surface area contributed by atoms with Gasteiger partial charge >= 0.3 is 0 Å². The Morgan fingerprint density at radius 2 is 2.00 bits per heavy atom. The van der Waals surface area contributed by atoms with E-state index in [4.69, 9.17) is 15.3 Å². The zero-order chi connectivity index (χ0) is 7.72. The van der Waals surface area contributed by atoms with Gasteiger partial charge in [-0.3, -0.25) is 0 Å². The summed E-state index contributed by atoms with van der Waals surface area (Å²) in [5.74, 6) is 0. The molecule has 0 aromatic carbocycles. The van der Waals surface area contributed by atoms with Gasteiger partial charge in [-0.15, -0.1) is 0 Å². The van der Waals surface area contributed by atoms with Crippen LogP contribution in [0.1, 0.15) is 13.3 Å². The first-order valence-corrected chi connectivity index (χ1v) is 3.33. The van der Waals surface area contributed by atoms with Crippen molar-refractivity contribution >= 4 is 0 Å². The molecule has 0 saturated carbocycles. The standard InChI is InChI=1S/C7H12O3/c1-4-2-5(8)7(10)6(9)3-4/h2,5-10H,3H2,1H3/t5-,6-,7+/m0/s1. The lowest BCUT2D eigenvalue weighted by atomic mass is 9.93. The number of hydrogen-bond acceptors (Lipinski definition) is 3. The Hall–Kier alpha value is -0.380. The van der Waals surface area contributed by atoms with Crippen molar-refractivity contribution in [1.29, 1.82) is 0 Å². The highest BCUT2D eigenvalue weighted by Crippen LogP contribution is 2.18. The van der Waals surface area contributed by atoms with Crippen molar-refractivity contribution < 1.29 is 15.3 Å². The molecule has 0 fully saturated rings. The summed E-state index contributed by atoms with van der Waals surface area (Å²) in [7, 11) is 0. The van der Waals surface area contributed by atoms with Crippen LogP contribution < -0.4 is 0 Å². The zero-order valence-corrected chi connectivity index (χ0v) is 5.86. The molecule has 10 heavy (non-hydrogen) atoms. The topological polar surface area (TPSA) is 60.7 Å². The van der Waals surface area contributed by atoms with Crippen LogP contribution in [0, 0.1) is 0 Å². The molecule has 3 nitrogen and oxygen atoms in total. The predicted octanol–water partition coefficient (Wildman–Crippen LogP) is -0.581. The van der Waals surface area contributed by atoms with E-state index in [0.29, 0.717) is 6.42 Å². The minimum atomic E-state index is -1.01. The summed E-state index contributed by atoms with van der Waals surface area (Å²) in [6.07, 6.45) is -0.692. The normalized spacial score (nSPS) is 41.2. The third-order valence-electron chi connectivity index (χ3n) is 1.73. The van der Waals surface area contributed by atoms with Crippen molar-refractivity contribution in [3.8, 4) is 0 Å². The van der Waals surface area contributed by atoms with Gasteiger partial charge in [0.2, 0.25) is 0 Å². The maximum Gasteiger partial charge on any atom is 0.110 e. The molecular weight excluding hydrogens is 132 g/mol. The SMILES string of the molecule is CC1=C[C@H](O)[C@@H](O)[C@@H](O)C1. The maximum atomic E-state index is 9.07. The van der Waals surface area contributed by atoms with Crippen LogP contribution in [-0.2, 0) is 0 Å². The van der Waals surface area contributed by atoms with Crippen LogP contribution in [0.3, 0.4) is 0 Å². The quantitative estimate of drug-likeness (QED) is 0.398. The molecule has 1 aliphatic rings. The van der Waals surface area contributed by atoms with Crippen LogP contribution in [0.2, 0.25) is 0 Å². The highest BCUT2D eigenvalue weighted by atomic mass is 16.4. The fourth-order valence-corrected chi connectivity index (χ4v) is 1.14. The molecule has 0 aliphatic heterocycles. The summed E-state index contributed by atoms with van der Waals surface area (Å²) in [5, 5.41) is 27.1. The maximum absolute atomic E-state index is 9.07. The molecule has 0 radical (unpaired) electrons. The van der Waals surface area contributed by atoms with Gasteiger partial charge < -0.3 is 15.3 Å². The second kappa shape index (κ2) is 2.70. The predicted molar refractivity (Wildman–Crippen MR) is 36.4 cm³/mol. The van der Waals surface area contributed by atoms with Crippen LogP contribution in [-0.4, -0.2) is 33.6 Å². The van der Waals surface area contributed by atoms with Crippen LogP contribution in [0.4, 0.5) is 0 Å². The molecule has 0 heterocycles. The molecule has 3 heteroatoms. The van der Waals surface area contributed by atoms with Gasteiger partial charge in [-0.2, -0.15) is 0 Å². The summed E-state index contributed by atoms with van der Waals surface area (Å²) in [6.45, 7) is 1.82. The van der Waals surface area contributed by atoms with Gasteiger partial charge in [-0.25, -0.2) is 0 Å². The fourth-order valence-electron chi connectivity index (χ4n) is 1.14. The van der Waals surface area contributed by atoms with Gasteiger partial charge in [0.25, 0.3) is 0 Å². The molecule has 3 N–H and O–H groups in total. The Labute approximate surface area is 59.6 Å². The lowest BCUT2D eigenvalue weighted by molar-refractivity contribution is -0.0473. The van der Waals surface area contributed by atoms with E-state index in [1.165, 1.54) is 0 Å². The van der Waals surface area contributed by atoms with Crippen LogP contribution in [0.5, 0.6) is 0 Å². The molecule has 58 valence electrons. The monoisotopic (exact) mass is 144 g/mol. The van der Waals surface area contributed by atoms with E-state index < -0.39 is 18.3 Å². The third kappa shape index (κ3) is 1.37. The molecule has 0 aromatic rings. The Balaban J connectivity index is 2.69. The average molecular weight is 144 g/mol. The van der Waals surface area contributed by atoms with Gasteiger partial charge in [0.1, 0.15) is 12.2 Å². The first-order valence-electron chi connectivity index (χ1n) is 3.33. The van der Waals surface area contributed by atoms with E-state index in [0.717, 1.165) is 5.57 Å². The van der Waals surface area contributed by atoms with Crippen molar-refractivity contribution in [3.05, 3.63) is 11.6 Å². The lowest BCUT2D eigenvalue weighted by Gasteiger charge is -2.26. The Morgan fingerprint density at radius 1 is 1.40 bits per heavy atom. The van der Waals surface area contributed by atoms with E-state index in [1.807, 2.05) is 6.92 Å². The van der Waals surface area contributed by atoms with Crippen molar-refractivity contribution in [2.24, 2.45) is 0 Å². The summed E-state index contributed by atoms with van der Waals surface area (Å²) in [5.41, 5.74) is 0.922. The summed E-state index contributed by atoms with van der Waals surface area (Å²) in [4.78, 5) is 0. The first-order chi connectivity index (χ1) is 4.61. The van der Waals surface area contributed by atoms with Crippen molar-refractivity contribution in [1.82, 2.24) is 0 Å². The Bertz CT molecular complexity index is 153. The highest BCUT2D eigenvalue weighted by Gasteiger charge is 2.27. The molecule has 1 rings (SSSR count). The fraction of sp³-hybridized carbons (Fsp3) is 0.714. The summed E-state index contributed by atoms with van der Waals surface area (Å²) < 4.78 is 0. The number of hydrogen-bond donors (Lipinski definition) is 3. The molecule has 3 atom stereocenters. The molecule has 1 aliphatic carbocycles. The summed E-state index contributed by atoms with van der Waals surface area (Å²) in [6, 6.07) is 0. The van der Waals surface area contributed by atoms with Crippen LogP contribution >= 0.6 is 0 Å². The van der Waals surface area contributed by atoms with Gasteiger partial charge in [-0.05, 0) is 13.3 Å². The average Bonchev–Trinajstić information content (AvgIpc) is 1.82. The van der Waals surface area contributed by atoms with Crippen LogP contribution in [0.25, 0.3) is 0 Å². The van der Waals surface area contributed by atoms with E-state index in [9.17, 15) is 0 Å². The van der Waals surface area contributed by atoms with E-state index in [1.54, 1.807) is 6.08 Å². The Kier molecular flexibility index (Phi) is 2.08. The van der Waals surface area contributed by atoms with E-state index in [-0.39, 0.29) is 0 Å². The van der Waals surface area contributed by atoms with Gasteiger partial charge in [-0.1, -0.05) is 11.6 Å². The van der Waals surface area contributed by atoms with Gasteiger partial charge in [0, 0.05) is 0 Å². The molecule has 0 spiro atoms. The highest BCUT2D eigenvalue weighted by molar-refractivity contribution is 5.11. The van der Waals surface area contributed by atoms with Crippen molar-refractivity contribution in [2.45, 2.75) is 31.7 Å². The van der Waals surface area contributed by atoms with E-state index in [2.05, 4.69) is 0 Å². The van der Waals surface area contributed by atoms with Crippen molar-refractivity contribution in [3.63, 3.8) is 0 Å². The number of aliphatic hydroxyl groups excluding tert-OH is 3. The Morgan fingerprint density at radius 3 is 2.50 bits per heavy atom. The number of rotatable bonds is 0. The minimum Gasteiger partial charge on any atom is -0.390 e. The second-order valence-corrected chi connectivity index (χ2v) is 2.77. The minimum absolute atomic E-state index is 0.457. The smallest absolute Gasteiger partial charge is 0.110 e. The molecular formula is C7H12O3.